The largest absolute Gasteiger partial charge is 0.456 e. The van der Waals surface area contributed by atoms with Gasteiger partial charge in [-0.3, -0.25) is 25.7 Å². The lowest BCUT2D eigenvalue weighted by molar-refractivity contribution is -0.393. The van der Waals surface area contributed by atoms with Crippen LogP contribution in [0.1, 0.15) is 22.6 Å². The van der Waals surface area contributed by atoms with E-state index in [0.717, 1.165) is 34.1 Å². The zero-order valence-electron chi connectivity index (χ0n) is 19.4. The fourth-order valence-electron chi connectivity index (χ4n) is 4.28. The van der Waals surface area contributed by atoms with Gasteiger partial charge in [-0.15, -0.1) is 0 Å². The maximum absolute atomic E-state index is 11.5. The summed E-state index contributed by atoms with van der Waals surface area (Å²) < 4.78 is 6.37. The van der Waals surface area contributed by atoms with Crippen LogP contribution < -0.4 is 10.2 Å². The van der Waals surface area contributed by atoms with Gasteiger partial charge in [-0.25, -0.2) is 0 Å². The van der Waals surface area contributed by atoms with Crippen LogP contribution in [-0.2, 0) is 0 Å². The summed E-state index contributed by atoms with van der Waals surface area (Å²) in [7, 11) is 0. The molecule has 0 radical (unpaired) electrons. The molecule has 182 valence electrons. The zero-order valence-corrected chi connectivity index (χ0v) is 19.4. The number of rotatable bonds is 7. The molecule has 0 saturated heterocycles. The smallest absolute Gasteiger partial charge is 0.301 e. The average Bonchev–Trinajstić information content (AvgIpc) is 2.93. The van der Waals surface area contributed by atoms with Gasteiger partial charge in [0.1, 0.15) is 17.2 Å². The molecule has 1 atom stereocenters. The highest BCUT2D eigenvalue weighted by Gasteiger charge is 2.31. The van der Waals surface area contributed by atoms with E-state index in [2.05, 4.69) is 10.5 Å². The van der Waals surface area contributed by atoms with Crippen molar-refractivity contribution in [2.24, 2.45) is 5.10 Å². The van der Waals surface area contributed by atoms with Crippen LogP contribution in [0.5, 0.6) is 5.75 Å². The molecule has 1 aliphatic rings. The first-order chi connectivity index (χ1) is 18.0. The van der Waals surface area contributed by atoms with E-state index in [1.54, 1.807) is 6.21 Å². The number of allylic oxidation sites excluding steroid dienone is 1. The Morgan fingerprint density at radius 1 is 0.811 bits per heavy atom. The van der Waals surface area contributed by atoms with Crippen LogP contribution >= 0.6 is 0 Å². The van der Waals surface area contributed by atoms with Crippen LogP contribution in [0, 0.1) is 20.2 Å². The molecule has 0 aliphatic carbocycles. The van der Waals surface area contributed by atoms with E-state index >= 15 is 0 Å². The third-order valence-electron chi connectivity index (χ3n) is 5.96. The van der Waals surface area contributed by atoms with Gasteiger partial charge >= 0.3 is 5.69 Å². The Balaban J connectivity index is 1.61. The van der Waals surface area contributed by atoms with Gasteiger partial charge in [-0.1, -0.05) is 78.9 Å². The first-order valence-electron chi connectivity index (χ1n) is 11.4. The van der Waals surface area contributed by atoms with E-state index in [4.69, 9.17) is 4.74 Å². The first kappa shape index (κ1) is 23.4. The Morgan fingerprint density at radius 3 is 2.19 bits per heavy atom. The van der Waals surface area contributed by atoms with Gasteiger partial charge in [0.25, 0.3) is 5.69 Å². The highest BCUT2D eigenvalue weighted by atomic mass is 16.6. The van der Waals surface area contributed by atoms with Crippen LogP contribution in [-0.4, -0.2) is 16.1 Å². The molecule has 0 fully saturated rings. The van der Waals surface area contributed by atoms with Crippen molar-refractivity contribution < 1.29 is 14.6 Å². The molecule has 4 aromatic rings. The number of ether oxygens (including phenoxy) is 1. The zero-order chi connectivity index (χ0) is 25.8. The van der Waals surface area contributed by atoms with E-state index < -0.39 is 15.5 Å². The van der Waals surface area contributed by atoms with E-state index in [1.165, 1.54) is 12.1 Å². The molecular formula is C28H20N4O5. The van der Waals surface area contributed by atoms with Gasteiger partial charge in [0, 0.05) is 28.7 Å². The molecule has 5 rings (SSSR count). The maximum Gasteiger partial charge on any atom is 0.301 e. The summed E-state index contributed by atoms with van der Waals surface area (Å²) in [6.45, 7) is 0. The van der Waals surface area contributed by atoms with Crippen LogP contribution in [0.4, 0.5) is 17.1 Å². The SMILES string of the molecule is O=[N+]([O-])c1ccc(N/N=C\C2=C(c3ccccc3)Oc3ccccc3[C@H]2c2ccccc2)c([N+](=O)[O-])c1. The molecule has 1 heterocycles. The summed E-state index contributed by atoms with van der Waals surface area (Å²) in [6.07, 6.45) is 1.58. The summed E-state index contributed by atoms with van der Waals surface area (Å²) in [5.74, 6) is 1.11. The summed E-state index contributed by atoms with van der Waals surface area (Å²) in [5.41, 5.74) is 5.46. The highest BCUT2D eigenvalue weighted by Crippen LogP contribution is 2.45. The number of nitro benzene ring substituents is 2. The quantitative estimate of drug-likeness (QED) is 0.178. The Morgan fingerprint density at radius 2 is 1.49 bits per heavy atom. The topological polar surface area (TPSA) is 120 Å². The molecule has 37 heavy (non-hydrogen) atoms. The number of nitrogens with zero attached hydrogens (tertiary/aromatic N) is 3. The third-order valence-corrected chi connectivity index (χ3v) is 5.96. The van der Waals surface area contributed by atoms with E-state index in [9.17, 15) is 20.2 Å². The fourth-order valence-corrected chi connectivity index (χ4v) is 4.28. The number of nitrogens with one attached hydrogen (secondary N) is 1. The predicted octanol–water partition coefficient (Wildman–Crippen LogP) is 6.54. The number of para-hydroxylation sites is 1. The Hall–Kier alpha value is -5.31. The maximum atomic E-state index is 11.5. The summed E-state index contributed by atoms with van der Waals surface area (Å²) >= 11 is 0. The van der Waals surface area contributed by atoms with E-state index in [1.807, 2.05) is 84.9 Å². The average molecular weight is 492 g/mol. The normalized spacial score (nSPS) is 14.6. The van der Waals surface area contributed by atoms with Gasteiger partial charge in [-0.2, -0.15) is 5.10 Å². The molecule has 1 N–H and O–H groups in total. The van der Waals surface area contributed by atoms with Gasteiger partial charge in [-0.05, 0) is 17.7 Å². The van der Waals surface area contributed by atoms with Crippen LogP contribution in [0.2, 0.25) is 0 Å². The number of hydrogen-bond donors (Lipinski definition) is 1. The molecule has 4 aromatic carbocycles. The van der Waals surface area contributed by atoms with Gasteiger partial charge in [0.05, 0.1) is 22.1 Å². The lowest BCUT2D eigenvalue weighted by Gasteiger charge is -2.29. The fraction of sp³-hybridized carbons (Fsp3) is 0.0357. The lowest BCUT2D eigenvalue weighted by Crippen LogP contribution is -2.17. The first-order valence-corrected chi connectivity index (χ1v) is 11.4. The van der Waals surface area contributed by atoms with Gasteiger partial charge in [0.15, 0.2) is 0 Å². The molecule has 0 amide bonds. The number of nitro groups is 2. The molecular weight excluding hydrogens is 472 g/mol. The number of anilines is 1. The summed E-state index contributed by atoms with van der Waals surface area (Å²) in [5, 5.41) is 26.9. The molecule has 0 bridgehead atoms. The highest BCUT2D eigenvalue weighted by molar-refractivity contribution is 5.94. The van der Waals surface area contributed by atoms with Crippen molar-refractivity contribution in [1.29, 1.82) is 0 Å². The second kappa shape index (κ2) is 10.1. The molecule has 9 nitrogen and oxygen atoms in total. The number of non-ortho nitro benzene ring substituents is 1. The minimum absolute atomic E-state index is 0.0297. The second-order valence-corrected chi connectivity index (χ2v) is 8.22. The number of benzene rings is 4. The van der Waals surface area contributed by atoms with E-state index in [0.29, 0.717) is 5.76 Å². The van der Waals surface area contributed by atoms with Crippen LogP contribution in [0.15, 0.2) is 114 Å². The molecule has 0 saturated carbocycles. The van der Waals surface area contributed by atoms with Crippen molar-refractivity contribution in [3.63, 3.8) is 0 Å². The Bertz CT molecular complexity index is 1530. The Labute approximate surface area is 211 Å². The van der Waals surface area contributed by atoms with Crippen LogP contribution in [0.3, 0.4) is 0 Å². The molecule has 9 heteroatoms. The molecule has 0 aromatic heterocycles. The van der Waals surface area contributed by atoms with Crippen LogP contribution in [0.25, 0.3) is 5.76 Å². The monoisotopic (exact) mass is 492 g/mol. The van der Waals surface area contributed by atoms with E-state index in [-0.39, 0.29) is 17.3 Å². The van der Waals surface area contributed by atoms with Crippen molar-refractivity contribution in [2.75, 3.05) is 5.43 Å². The Kier molecular flexibility index (Phi) is 6.41. The number of hydrazone groups is 1. The van der Waals surface area contributed by atoms with Crippen molar-refractivity contribution in [3.8, 4) is 5.75 Å². The molecule has 0 spiro atoms. The summed E-state index contributed by atoms with van der Waals surface area (Å²) in [6, 6.07) is 30.7. The summed E-state index contributed by atoms with van der Waals surface area (Å²) in [4.78, 5) is 21.2. The minimum atomic E-state index is -0.688. The number of hydrogen-bond acceptors (Lipinski definition) is 7. The van der Waals surface area contributed by atoms with Crippen molar-refractivity contribution in [1.82, 2.24) is 0 Å². The minimum Gasteiger partial charge on any atom is -0.456 e. The molecule has 0 unspecified atom stereocenters. The van der Waals surface area contributed by atoms with Gasteiger partial charge < -0.3 is 4.74 Å². The van der Waals surface area contributed by atoms with Crippen molar-refractivity contribution >= 4 is 29.0 Å². The van der Waals surface area contributed by atoms with Crippen molar-refractivity contribution in [2.45, 2.75) is 5.92 Å². The van der Waals surface area contributed by atoms with Crippen molar-refractivity contribution in [3.05, 3.63) is 146 Å². The van der Waals surface area contributed by atoms with Gasteiger partial charge in [0.2, 0.25) is 0 Å². The molecule has 1 aliphatic heterocycles. The standard InChI is InChI=1S/C28H20N4O5/c33-31(34)21-15-16-24(25(17-21)32(35)36)30-29-18-23-27(19-9-3-1-4-10-19)22-13-7-8-14-26(22)37-28(23)20-11-5-2-6-12-20/h1-18,27,30H/b29-18-/t27-/m1/s1. The lowest BCUT2D eigenvalue weighted by atomic mass is 9.82. The second-order valence-electron chi connectivity index (χ2n) is 8.22. The number of fused-ring (bicyclic) bond motifs is 1. The predicted molar refractivity (Wildman–Crippen MR) is 141 cm³/mol. The third kappa shape index (κ3) is 4.78.